The van der Waals surface area contributed by atoms with Crippen LogP contribution in [0, 0.1) is 6.92 Å². The molecule has 0 spiro atoms. The lowest BCUT2D eigenvalue weighted by Crippen LogP contribution is -2.32. The van der Waals surface area contributed by atoms with Gasteiger partial charge in [-0.05, 0) is 38.1 Å². The van der Waals surface area contributed by atoms with Crippen LogP contribution in [0.5, 0.6) is 5.75 Å². The van der Waals surface area contributed by atoms with Crippen LogP contribution in [0.2, 0.25) is 5.02 Å². The third-order valence-electron chi connectivity index (χ3n) is 5.36. The fraction of sp³-hybridized carbons (Fsp3) is 0.250. The van der Waals surface area contributed by atoms with Gasteiger partial charge in [0.1, 0.15) is 11.3 Å². The quantitative estimate of drug-likeness (QED) is 0.606. The number of rotatable bonds is 4. The van der Waals surface area contributed by atoms with Gasteiger partial charge in [0.15, 0.2) is 5.43 Å². The zero-order valence-electron chi connectivity index (χ0n) is 17.6. The molecule has 1 amide bonds. The summed E-state index contributed by atoms with van der Waals surface area (Å²) < 4.78 is 7.63. The van der Waals surface area contributed by atoms with Crippen LogP contribution in [0.15, 0.2) is 58.2 Å². The molecule has 0 aliphatic carbocycles. The highest BCUT2D eigenvalue weighted by Gasteiger charge is 2.30. The highest BCUT2D eigenvalue weighted by Crippen LogP contribution is 2.47. The number of carbonyl (C=O) groups excluding carboxylic acids is 1. The minimum Gasteiger partial charge on any atom is -0.496 e. The minimum atomic E-state index is -0.350. The molecule has 0 radical (unpaired) electrons. The topological polar surface area (TPSA) is 60.3 Å². The summed E-state index contributed by atoms with van der Waals surface area (Å²) in [6.07, 6.45) is 0.487. The number of pyridine rings is 1. The predicted molar refractivity (Wildman–Crippen MR) is 125 cm³/mol. The van der Waals surface area contributed by atoms with Crippen LogP contribution >= 0.6 is 23.4 Å². The first-order valence-electron chi connectivity index (χ1n) is 10.1. The molecule has 0 saturated carbocycles. The van der Waals surface area contributed by atoms with Gasteiger partial charge >= 0.3 is 0 Å². The van der Waals surface area contributed by atoms with Gasteiger partial charge in [0, 0.05) is 51.2 Å². The summed E-state index contributed by atoms with van der Waals surface area (Å²) in [6.45, 7) is 4.18. The van der Waals surface area contributed by atoms with Crippen LogP contribution in [0.3, 0.4) is 0 Å². The Morgan fingerprint density at radius 2 is 2.03 bits per heavy atom. The van der Waals surface area contributed by atoms with Crippen molar-refractivity contribution in [2.45, 2.75) is 30.4 Å². The minimum absolute atomic E-state index is 0.0727. The maximum atomic E-state index is 12.9. The van der Waals surface area contributed by atoms with E-state index in [-0.39, 0.29) is 22.1 Å². The lowest BCUT2D eigenvalue weighted by molar-refractivity contribution is 0.0953. The molecule has 7 heteroatoms. The van der Waals surface area contributed by atoms with Crippen molar-refractivity contribution in [1.82, 2.24) is 9.88 Å². The molecule has 0 saturated heterocycles. The molecular formula is C24H23ClN2O3S. The maximum Gasteiger partial charge on any atom is 0.257 e. The Labute approximate surface area is 190 Å². The van der Waals surface area contributed by atoms with E-state index in [1.165, 1.54) is 6.07 Å². The second kappa shape index (κ2) is 8.81. The molecule has 2 heterocycles. The number of halogens is 1. The molecule has 31 heavy (non-hydrogen) atoms. The Morgan fingerprint density at radius 3 is 2.77 bits per heavy atom. The molecule has 5 nitrogen and oxygen atoms in total. The van der Waals surface area contributed by atoms with E-state index in [0.717, 1.165) is 27.6 Å². The van der Waals surface area contributed by atoms with Crippen molar-refractivity contribution < 1.29 is 9.53 Å². The van der Waals surface area contributed by atoms with Gasteiger partial charge < -0.3 is 14.6 Å². The van der Waals surface area contributed by atoms with Gasteiger partial charge in [0.2, 0.25) is 0 Å². The van der Waals surface area contributed by atoms with Crippen LogP contribution in [0.25, 0.3) is 5.69 Å². The van der Waals surface area contributed by atoms with Crippen LogP contribution < -0.4 is 15.5 Å². The number of hydrogen-bond acceptors (Lipinski definition) is 4. The van der Waals surface area contributed by atoms with Crippen molar-refractivity contribution in [1.29, 1.82) is 0 Å². The third-order valence-corrected chi connectivity index (χ3v) is 6.88. The zero-order valence-corrected chi connectivity index (χ0v) is 19.1. The Bertz CT molecular complexity index is 1220. The van der Waals surface area contributed by atoms with E-state index in [9.17, 15) is 9.59 Å². The Morgan fingerprint density at radius 1 is 1.26 bits per heavy atom. The fourth-order valence-corrected chi connectivity index (χ4v) is 5.64. The molecular weight excluding hydrogens is 432 g/mol. The molecule has 3 aromatic rings. The van der Waals surface area contributed by atoms with E-state index in [1.807, 2.05) is 60.9 Å². The van der Waals surface area contributed by atoms with E-state index < -0.39 is 0 Å². The van der Waals surface area contributed by atoms with E-state index in [4.69, 9.17) is 16.3 Å². The zero-order chi connectivity index (χ0) is 22.1. The lowest BCUT2D eigenvalue weighted by atomic mass is 10.0. The van der Waals surface area contributed by atoms with Crippen molar-refractivity contribution >= 4 is 29.3 Å². The largest absolute Gasteiger partial charge is 0.496 e. The average molecular weight is 455 g/mol. The van der Waals surface area contributed by atoms with Gasteiger partial charge in [0.25, 0.3) is 5.91 Å². The second-order valence-electron chi connectivity index (χ2n) is 7.33. The highest BCUT2D eigenvalue weighted by atomic mass is 35.5. The Balaban J connectivity index is 2.02. The summed E-state index contributed by atoms with van der Waals surface area (Å²) in [6, 6.07) is 15.1. The summed E-state index contributed by atoms with van der Waals surface area (Å²) in [5, 5.41) is 3.36. The summed E-state index contributed by atoms with van der Waals surface area (Å²) in [5.74, 6) is 0.420. The lowest BCUT2D eigenvalue weighted by Gasteiger charge is -2.20. The molecule has 1 aliphatic rings. The SMILES string of the molecule is CCNC(=O)c1c2n(c(C)cc1=O)-c1ccc(Cl)cc1SC(c1ccccc1OC)C2. The monoisotopic (exact) mass is 454 g/mol. The number of ether oxygens (including phenoxy) is 1. The molecule has 0 bridgehead atoms. The van der Waals surface area contributed by atoms with Crippen LogP contribution in [-0.4, -0.2) is 24.1 Å². The molecule has 1 unspecified atom stereocenters. The Kier molecular flexibility index (Phi) is 6.12. The molecule has 2 aromatic carbocycles. The van der Waals surface area contributed by atoms with E-state index in [2.05, 4.69) is 5.32 Å². The van der Waals surface area contributed by atoms with Gasteiger partial charge in [-0.15, -0.1) is 11.8 Å². The number of hydrogen-bond donors (Lipinski definition) is 1. The molecule has 160 valence electrons. The smallest absolute Gasteiger partial charge is 0.257 e. The van der Waals surface area contributed by atoms with Crippen molar-refractivity contribution in [2.24, 2.45) is 0 Å². The number of benzene rings is 2. The van der Waals surface area contributed by atoms with Gasteiger partial charge in [-0.2, -0.15) is 0 Å². The Hall–Kier alpha value is -2.70. The van der Waals surface area contributed by atoms with Crippen LogP contribution in [0.1, 0.15) is 39.5 Å². The average Bonchev–Trinajstić information content (AvgIpc) is 2.90. The van der Waals surface area contributed by atoms with E-state index >= 15 is 0 Å². The number of carbonyl (C=O) groups is 1. The summed E-state index contributed by atoms with van der Waals surface area (Å²) in [7, 11) is 1.65. The molecule has 1 N–H and O–H groups in total. The second-order valence-corrected chi connectivity index (χ2v) is 9.01. The first-order valence-corrected chi connectivity index (χ1v) is 11.3. The van der Waals surface area contributed by atoms with E-state index in [1.54, 1.807) is 18.9 Å². The molecule has 4 rings (SSSR count). The number of aromatic nitrogens is 1. The van der Waals surface area contributed by atoms with Crippen molar-refractivity contribution in [3.05, 3.63) is 86.3 Å². The van der Waals surface area contributed by atoms with Crippen molar-refractivity contribution in [3.8, 4) is 11.4 Å². The van der Waals surface area contributed by atoms with Crippen molar-refractivity contribution in [3.63, 3.8) is 0 Å². The number of nitrogens with zero attached hydrogens (tertiary/aromatic N) is 1. The first kappa shape index (κ1) is 21.5. The molecule has 1 atom stereocenters. The molecule has 0 fully saturated rings. The normalized spacial score (nSPS) is 14.9. The maximum absolute atomic E-state index is 12.9. The van der Waals surface area contributed by atoms with Gasteiger partial charge in [0.05, 0.1) is 12.8 Å². The van der Waals surface area contributed by atoms with Gasteiger partial charge in [-0.3, -0.25) is 9.59 Å². The third kappa shape index (κ3) is 3.98. The van der Waals surface area contributed by atoms with Gasteiger partial charge in [-0.25, -0.2) is 0 Å². The predicted octanol–water partition coefficient (Wildman–Crippen LogP) is 4.95. The fourth-order valence-electron chi connectivity index (χ4n) is 4.06. The van der Waals surface area contributed by atoms with Crippen LogP contribution in [-0.2, 0) is 6.42 Å². The summed E-state index contributed by atoms with van der Waals surface area (Å²) in [5.41, 5.74) is 3.31. The summed E-state index contributed by atoms with van der Waals surface area (Å²) in [4.78, 5) is 26.8. The number of nitrogens with one attached hydrogen (secondary N) is 1. The number of para-hydroxylation sites is 1. The van der Waals surface area contributed by atoms with Gasteiger partial charge in [-0.1, -0.05) is 29.8 Å². The highest BCUT2D eigenvalue weighted by molar-refractivity contribution is 7.99. The number of fused-ring (bicyclic) bond motifs is 3. The number of aryl methyl sites for hydroxylation is 1. The number of thioether (sulfide) groups is 1. The van der Waals surface area contributed by atoms with Crippen LogP contribution in [0.4, 0.5) is 0 Å². The van der Waals surface area contributed by atoms with Crippen molar-refractivity contribution in [2.75, 3.05) is 13.7 Å². The molecule has 1 aliphatic heterocycles. The number of amides is 1. The van der Waals surface area contributed by atoms with E-state index in [0.29, 0.717) is 23.7 Å². The standard InChI is InChI=1S/C24H23ClN2O3S/c1-4-26-24(29)23-18-13-21(16-7-5-6-8-20(16)30-3)31-22-12-15(25)9-10-17(22)27(18)14(2)11-19(23)28/h5-12,21H,4,13H2,1-3H3,(H,26,29). The summed E-state index contributed by atoms with van der Waals surface area (Å²) >= 11 is 8.00. The molecule has 1 aromatic heterocycles. The first-order chi connectivity index (χ1) is 14.9. The number of methoxy groups -OCH3 is 1.